The molecule has 5 nitrogen and oxygen atoms in total. The van der Waals surface area contributed by atoms with Gasteiger partial charge in [-0.15, -0.1) is 0 Å². The van der Waals surface area contributed by atoms with E-state index in [9.17, 15) is 4.79 Å². The van der Waals surface area contributed by atoms with E-state index in [-0.39, 0.29) is 5.97 Å². The highest BCUT2D eigenvalue weighted by atomic mass is 16.5. The van der Waals surface area contributed by atoms with Crippen molar-refractivity contribution < 1.29 is 9.53 Å². The quantitative estimate of drug-likeness (QED) is 0.810. The molecule has 0 aromatic carbocycles. The summed E-state index contributed by atoms with van der Waals surface area (Å²) in [5.74, 6) is 0.980. The van der Waals surface area contributed by atoms with Crippen molar-refractivity contribution in [2.45, 2.75) is 58.0 Å². The van der Waals surface area contributed by atoms with E-state index in [1.165, 1.54) is 0 Å². The van der Waals surface area contributed by atoms with E-state index < -0.39 is 5.54 Å². The average Bonchev–Trinajstić information content (AvgIpc) is 3.05. The van der Waals surface area contributed by atoms with Crippen LogP contribution in [0.4, 0.5) is 0 Å². The van der Waals surface area contributed by atoms with E-state index in [0.29, 0.717) is 12.6 Å². The van der Waals surface area contributed by atoms with E-state index in [1.807, 2.05) is 26.2 Å². The molecular weight excluding hydrogens is 254 g/mol. The maximum Gasteiger partial charge on any atom is 0.326 e. The summed E-state index contributed by atoms with van der Waals surface area (Å²) in [7, 11) is 0. The predicted molar refractivity (Wildman–Crippen MR) is 77.5 cm³/mol. The van der Waals surface area contributed by atoms with Crippen molar-refractivity contribution in [3.8, 4) is 0 Å². The van der Waals surface area contributed by atoms with Gasteiger partial charge >= 0.3 is 5.97 Å². The fourth-order valence-electron chi connectivity index (χ4n) is 3.23. The molecule has 1 aliphatic rings. The highest BCUT2D eigenvalue weighted by Crippen LogP contribution is 2.39. The summed E-state index contributed by atoms with van der Waals surface area (Å²) in [5.41, 5.74) is -0.523. The van der Waals surface area contributed by atoms with Crippen molar-refractivity contribution in [2.24, 2.45) is 0 Å². The van der Waals surface area contributed by atoms with Crippen LogP contribution in [0.15, 0.2) is 12.4 Å². The van der Waals surface area contributed by atoms with E-state index >= 15 is 0 Å². The Morgan fingerprint density at radius 3 is 3.00 bits per heavy atom. The zero-order valence-corrected chi connectivity index (χ0v) is 12.7. The Bertz CT molecular complexity index is 458. The Hall–Kier alpha value is -1.36. The number of aryl methyl sites for hydroxylation is 1. The zero-order chi connectivity index (χ0) is 14.6. The van der Waals surface area contributed by atoms with Crippen molar-refractivity contribution in [1.29, 1.82) is 0 Å². The molecule has 1 saturated carbocycles. The van der Waals surface area contributed by atoms with Crippen LogP contribution in [-0.4, -0.2) is 34.2 Å². The maximum absolute atomic E-state index is 12.3. The Kier molecular flexibility index (Phi) is 4.81. The lowest BCUT2D eigenvalue weighted by molar-refractivity contribution is -0.151. The van der Waals surface area contributed by atoms with Gasteiger partial charge in [-0.1, -0.05) is 13.8 Å². The van der Waals surface area contributed by atoms with E-state index in [2.05, 4.69) is 21.8 Å². The molecule has 1 N–H and O–H groups in total. The third kappa shape index (κ3) is 2.73. The average molecular weight is 279 g/mol. The normalized spacial score (nSPS) is 25.9. The minimum atomic E-state index is -0.523. The summed E-state index contributed by atoms with van der Waals surface area (Å²) < 4.78 is 7.50. The minimum absolute atomic E-state index is 0.109. The van der Waals surface area contributed by atoms with Crippen LogP contribution in [0.25, 0.3) is 0 Å². The van der Waals surface area contributed by atoms with Crippen LogP contribution in [-0.2, 0) is 16.0 Å². The van der Waals surface area contributed by atoms with Gasteiger partial charge in [-0.2, -0.15) is 0 Å². The maximum atomic E-state index is 12.3. The van der Waals surface area contributed by atoms with Crippen molar-refractivity contribution in [3.63, 3.8) is 0 Å². The van der Waals surface area contributed by atoms with Crippen molar-refractivity contribution in [3.05, 3.63) is 18.2 Å². The monoisotopic (exact) mass is 279 g/mol. The van der Waals surface area contributed by atoms with Gasteiger partial charge in [0.15, 0.2) is 0 Å². The summed E-state index contributed by atoms with van der Waals surface area (Å²) in [6.45, 7) is 7.20. The number of nitrogens with zero attached hydrogens (tertiary/aromatic N) is 2. The number of carbonyl (C=O) groups excluding carboxylic acids is 1. The molecule has 0 radical (unpaired) electrons. The number of ether oxygens (including phenoxy) is 1. The van der Waals surface area contributed by atoms with Gasteiger partial charge in [-0.25, -0.2) is 4.98 Å². The van der Waals surface area contributed by atoms with Gasteiger partial charge in [-0.3, -0.25) is 4.79 Å². The van der Waals surface area contributed by atoms with Gasteiger partial charge in [0.2, 0.25) is 0 Å². The van der Waals surface area contributed by atoms with Crippen LogP contribution in [0.1, 0.15) is 51.9 Å². The van der Waals surface area contributed by atoms with Gasteiger partial charge < -0.3 is 14.6 Å². The van der Waals surface area contributed by atoms with Gasteiger partial charge in [0.25, 0.3) is 0 Å². The number of imidazole rings is 1. The molecule has 0 bridgehead atoms. The van der Waals surface area contributed by atoms with Crippen molar-refractivity contribution in [1.82, 2.24) is 14.9 Å². The standard InChI is InChI=1S/C15H25N3O2/c1-4-13-16-9-10-18(13)12-7-8-15(11-12,17-5-2)14(19)20-6-3/h9-10,12,17H,4-8,11H2,1-3H3. The lowest BCUT2D eigenvalue weighted by Gasteiger charge is -2.28. The number of hydrogen-bond acceptors (Lipinski definition) is 4. The van der Waals surface area contributed by atoms with Gasteiger partial charge in [-0.05, 0) is 32.7 Å². The number of esters is 1. The highest BCUT2D eigenvalue weighted by Gasteiger charge is 2.46. The van der Waals surface area contributed by atoms with Crippen LogP contribution >= 0.6 is 0 Å². The molecule has 1 aromatic rings. The molecule has 0 spiro atoms. The second kappa shape index (κ2) is 6.39. The molecule has 0 amide bonds. The lowest BCUT2D eigenvalue weighted by Crippen LogP contribution is -2.51. The minimum Gasteiger partial charge on any atom is -0.465 e. The summed E-state index contributed by atoms with van der Waals surface area (Å²) in [6.07, 6.45) is 7.37. The molecule has 20 heavy (non-hydrogen) atoms. The van der Waals surface area contributed by atoms with Gasteiger partial charge in [0, 0.05) is 24.9 Å². The number of nitrogens with one attached hydrogen (secondary N) is 1. The Morgan fingerprint density at radius 2 is 2.35 bits per heavy atom. The van der Waals surface area contributed by atoms with Gasteiger partial charge in [0.05, 0.1) is 6.61 Å². The summed E-state index contributed by atoms with van der Waals surface area (Å²) in [6, 6.07) is 0.330. The molecule has 1 aromatic heterocycles. The van der Waals surface area contributed by atoms with E-state index in [0.717, 1.165) is 38.1 Å². The Balaban J connectivity index is 2.17. The largest absolute Gasteiger partial charge is 0.465 e. The van der Waals surface area contributed by atoms with Crippen LogP contribution in [0, 0.1) is 0 Å². The van der Waals surface area contributed by atoms with Crippen molar-refractivity contribution >= 4 is 5.97 Å². The Morgan fingerprint density at radius 1 is 1.55 bits per heavy atom. The molecule has 2 unspecified atom stereocenters. The predicted octanol–water partition coefficient (Wildman–Crippen LogP) is 2.08. The number of rotatable bonds is 6. The molecule has 1 fully saturated rings. The van der Waals surface area contributed by atoms with Crippen molar-refractivity contribution in [2.75, 3.05) is 13.2 Å². The molecule has 0 aliphatic heterocycles. The second-order valence-electron chi connectivity index (χ2n) is 5.33. The van der Waals surface area contributed by atoms with Gasteiger partial charge in [0.1, 0.15) is 11.4 Å². The SMILES string of the molecule is CCNC1(C(=O)OCC)CCC(n2ccnc2CC)C1. The third-order valence-electron chi connectivity index (χ3n) is 4.13. The summed E-state index contributed by atoms with van der Waals surface area (Å²) in [4.78, 5) is 16.7. The van der Waals surface area contributed by atoms with Crippen LogP contribution < -0.4 is 5.32 Å². The molecule has 5 heteroatoms. The summed E-state index contributed by atoms with van der Waals surface area (Å²) in [5, 5.41) is 3.36. The molecule has 112 valence electrons. The zero-order valence-electron chi connectivity index (χ0n) is 12.7. The van der Waals surface area contributed by atoms with E-state index in [4.69, 9.17) is 4.74 Å². The lowest BCUT2D eigenvalue weighted by atomic mass is 9.97. The van der Waals surface area contributed by atoms with E-state index in [1.54, 1.807) is 0 Å². The first-order chi connectivity index (χ1) is 9.66. The molecule has 0 saturated heterocycles. The smallest absolute Gasteiger partial charge is 0.326 e. The fraction of sp³-hybridized carbons (Fsp3) is 0.733. The first-order valence-corrected chi connectivity index (χ1v) is 7.60. The fourth-order valence-corrected chi connectivity index (χ4v) is 3.23. The Labute approximate surface area is 120 Å². The third-order valence-corrected chi connectivity index (χ3v) is 4.13. The highest BCUT2D eigenvalue weighted by molar-refractivity contribution is 5.81. The van der Waals surface area contributed by atoms with Crippen LogP contribution in [0.5, 0.6) is 0 Å². The number of carbonyl (C=O) groups is 1. The molecule has 1 aliphatic carbocycles. The molecule has 2 rings (SSSR count). The number of hydrogen-bond donors (Lipinski definition) is 1. The molecule has 2 atom stereocenters. The molecular formula is C15H25N3O2. The first-order valence-electron chi connectivity index (χ1n) is 7.60. The van der Waals surface area contributed by atoms with Crippen LogP contribution in [0.3, 0.4) is 0 Å². The number of aromatic nitrogens is 2. The second-order valence-corrected chi connectivity index (χ2v) is 5.33. The molecule has 1 heterocycles. The topological polar surface area (TPSA) is 56.1 Å². The summed E-state index contributed by atoms with van der Waals surface area (Å²) >= 11 is 0. The van der Waals surface area contributed by atoms with Crippen LogP contribution in [0.2, 0.25) is 0 Å². The first kappa shape index (κ1) is 15.0. The number of likely N-dealkylation sites (N-methyl/N-ethyl adjacent to an activating group) is 1.